The van der Waals surface area contributed by atoms with Crippen LogP contribution in [0.1, 0.15) is 52.7 Å². The fourth-order valence-electron chi connectivity index (χ4n) is 10.8. The second-order valence-corrected chi connectivity index (χ2v) is 19.6. The van der Waals surface area contributed by atoms with Crippen molar-refractivity contribution in [1.29, 1.82) is 0 Å². The Balaban J connectivity index is 1.22. The average Bonchev–Trinajstić information content (AvgIpc) is 3.72. The summed E-state index contributed by atoms with van der Waals surface area (Å²) in [5, 5.41) is 5.23. The van der Waals surface area contributed by atoms with Crippen LogP contribution in [0.15, 0.2) is 131 Å². The summed E-state index contributed by atoms with van der Waals surface area (Å²) in [5.74, 6) is 1.92. The molecule has 0 saturated heterocycles. The van der Waals surface area contributed by atoms with Crippen LogP contribution in [-0.4, -0.2) is 22.6 Å². The highest BCUT2D eigenvalue weighted by Crippen LogP contribution is 2.46. The van der Waals surface area contributed by atoms with Gasteiger partial charge in [-0.1, -0.05) is 132 Å². The minimum Gasteiger partial charge on any atom is -0.458 e. The highest BCUT2D eigenvalue weighted by atomic mass is 32.2. The molecule has 0 fully saturated rings. The predicted octanol–water partition coefficient (Wildman–Crippen LogP) is 8.71. The largest absolute Gasteiger partial charge is 0.458 e. The van der Waals surface area contributed by atoms with Crippen LogP contribution in [0.4, 0.5) is 0 Å². The Morgan fingerprint density at radius 2 is 1.09 bits per heavy atom. The van der Waals surface area contributed by atoms with E-state index in [0.29, 0.717) is 0 Å². The van der Waals surface area contributed by atoms with Crippen molar-refractivity contribution in [2.45, 2.75) is 62.2 Å². The van der Waals surface area contributed by atoms with E-state index in [0.717, 1.165) is 11.5 Å². The summed E-state index contributed by atoms with van der Waals surface area (Å²) in [6, 6.07) is 46.5. The molecule has 4 aliphatic heterocycles. The maximum Gasteiger partial charge on any atom is 0.256 e. The van der Waals surface area contributed by atoms with Gasteiger partial charge >= 0.3 is 0 Å². The number of hydrogen-bond acceptors (Lipinski definition) is 2. The molecule has 6 heteroatoms. The quantitative estimate of drug-likeness (QED) is 0.145. The molecule has 56 heavy (non-hydrogen) atoms. The van der Waals surface area contributed by atoms with Crippen molar-refractivity contribution in [2.75, 3.05) is 0 Å². The van der Waals surface area contributed by atoms with Gasteiger partial charge < -0.3 is 13.9 Å². The normalized spacial score (nSPS) is 14.6. The molecule has 0 radical (unpaired) electrons. The van der Waals surface area contributed by atoms with Crippen molar-refractivity contribution in [3.05, 3.63) is 132 Å². The van der Waals surface area contributed by atoms with E-state index < -0.39 is 0 Å². The van der Waals surface area contributed by atoms with Gasteiger partial charge in [0.2, 0.25) is 6.71 Å². The van der Waals surface area contributed by atoms with Gasteiger partial charge in [-0.05, 0) is 97.8 Å². The number of fused-ring (bicyclic) bond motifs is 17. The first-order chi connectivity index (χ1) is 27.1. The average molecular weight is 737 g/mol. The van der Waals surface area contributed by atoms with Crippen LogP contribution in [0.3, 0.4) is 0 Å². The van der Waals surface area contributed by atoms with E-state index >= 15 is 0 Å². The summed E-state index contributed by atoms with van der Waals surface area (Å²) in [5.41, 5.74) is 18.6. The van der Waals surface area contributed by atoms with Gasteiger partial charge in [0.15, 0.2) is 0 Å². The number of aromatic nitrogens is 2. The molecule has 266 valence electrons. The molecule has 0 bridgehead atoms. The van der Waals surface area contributed by atoms with Crippen LogP contribution >= 0.6 is 11.8 Å². The summed E-state index contributed by atoms with van der Waals surface area (Å²) in [6.45, 7) is 14.2. The highest BCUT2D eigenvalue weighted by Gasteiger charge is 2.43. The van der Waals surface area contributed by atoms with E-state index in [1.165, 1.54) is 109 Å². The lowest BCUT2D eigenvalue weighted by Gasteiger charge is -2.34. The Bertz CT molecular complexity index is 3300. The summed E-state index contributed by atoms with van der Waals surface area (Å²) in [7, 11) is 0. The molecule has 2 aromatic heterocycles. The molecule has 0 amide bonds. The van der Waals surface area contributed by atoms with Crippen molar-refractivity contribution in [2.24, 2.45) is 0 Å². The van der Waals surface area contributed by atoms with Gasteiger partial charge in [0.25, 0.3) is 6.71 Å². The Morgan fingerprint density at radius 3 is 1.84 bits per heavy atom. The molecule has 0 saturated carbocycles. The third-order valence-corrected chi connectivity index (χ3v) is 14.5. The van der Waals surface area contributed by atoms with E-state index in [-0.39, 0.29) is 24.3 Å². The lowest BCUT2D eigenvalue weighted by atomic mass is 9.34. The molecule has 3 nitrogen and oxygen atoms in total. The van der Waals surface area contributed by atoms with Crippen molar-refractivity contribution >= 4 is 102 Å². The molecule has 0 unspecified atom stereocenters. The fourth-order valence-corrected chi connectivity index (χ4v) is 11.9. The first kappa shape index (κ1) is 31.6. The van der Waals surface area contributed by atoms with Gasteiger partial charge in [-0.25, -0.2) is 0 Å². The zero-order valence-electron chi connectivity index (χ0n) is 32.4. The first-order valence-electron chi connectivity index (χ1n) is 20.0. The number of hydrogen-bond donors (Lipinski definition) is 0. The molecule has 6 heterocycles. The van der Waals surface area contributed by atoms with Crippen molar-refractivity contribution in [3.8, 4) is 22.9 Å². The van der Waals surface area contributed by atoms with Crippen LogP contribution < -0.4 is 37.5 Å². The van der Waals surface area contributed by atoms with Gasteiger partial charge in [0, 0.05) is 42.7 Å². The van der Waals surface area contributed by atoms with Gasteiger partial charge in [0.05, 0.1) is 22.1 Å². The fraction of sp³-hybridized carbons (Fsp3) is 0.160. The molecule has 4 aliphatic rings. The minimum absolute atomic E-state index is 0.0183. The molecule has 0 aliphatic carbocycles. The van der Waals surface area contributed by atoms with E-state index in [9.17, 15) is 0 Å². The Morgan fingerprint density at radius 1 is 0.482 bits per heavy atom. The van der Waals surface area contributed by atoms with Gasteiger partial charge in [0.1, 0.15) is 11.5 Å². The molecule has 13 rings (SSSR count). The van der Waals surface area contributed by atoms with E-state index in [1.807, 2.05) is 11.8 Å². The molecular weight excluding hydrogens is 698 g/mol. The number of benzene rings is 7. The smallest absolute Gasteiger partial charge is 0.256 e. The first-order valence-corrected chi connectivity index (χ1v) is 20.8. The maximum atomic E-state index is 6.80. The molecule has 0 N–H and O–H groups in total. The lowest BCUT2D eigenvalue weighted by molar-refractivity contribution is 0.488. The standard InChI is InChI=1S/C50H38B2N2OS/c1-49(2,3)27-15-20-36-34(25-27)51-32-11-7-9-13-39(32)55-40-23-18-31-43-38(53(36)48(31)44(40)51)22-17-29-30-19-24-42-45-47(30)54(46(29)43)37-21-16-28(50(4,5)6)26-35(37)52(45)33-12-8-10-14-41(33)56-42/h7-26H,1-6H3. The molecule has 9 aromatic rings. The van der Waals surface area contributed by atoms with Crippen molar-refractivity contribution in [1.82, 2.24) is 9.13 Å². The summed E-state index contributed by atoms with van der Waals surface area (Å²) >= 11 is 1.93. The second-order valence-electron chi connectivity index (χ2n) is 18.5. The third-order valence-electron chi connectivity index (χ3n) is 13.3. The molecule has 0 spiro atoms. The van der Waals surface area contributed by atoms with Crippen LogP contribution in [0.25, 0.3) is 55.0 Å². The number of para-hydroxylation sites is 1. The SMILES string of the molecule is CC(C)(C)c1ccc2c(c1)B1c3ccccc3Oc3ccc4c5c(ccc6c7ccc8c9c7n(c65)-c5ccc(C(C)(C)C)cc5B9c5ccccc5S8)n-2c4c31. The zero-order valence-corrected chi connectivity index (χ0v) is 33.2. The van der Waals surface area contributed by atoms with E-state index in [2.05, 4.69) is 172 Å². The lowest BCUT2D eigenvalue weighted by Crippen LogP contribution is -2.58. The van der Waals surface area contributed by atoms with E-state index in [1.54, 1.807) is 0 Å². The summed E-state index contributed by atoms with van der Waals surface area (Å²) in [6.07, 6.45) is 0. The predicted molar refractivity (Wildman–Crippen MR) is 239 cm³/mol. The highest BCUT2D eigenvalue weighted by molar-refractivity contribution is 8.00. The summed E-state index contributed by atoms with van der Waals surface area (Å²) < 4.78 is 12.0. The third kappa shape index (κ3) is 3.79. The Kier molecular flexibility index (Phi) is 5.77. The van der Waals surface area contributed by atoms with E-state index in [4.69, 9.17) is 4.74 Å². The molecule has 7 aromatic carbocycles. The van der Waals surface area contributed by atoms with Gasteiger partial charge in [-0.3, -0.25) is 0 Å². The van der Waals surface area contributed by atoms with Crippen LogP contribution in [0.2, 0.25) is 0 Å². The Labute approximate surface area is 331 Å². The topological polar surface area (TPSA) is 19.1 Å². The zero-order chi connectivity index (χ0) is 37.6. The monoisotopic (exact) mass is 736 g/mol. The maximum absolute atomic E-state index is 6.80. The van der Waals surface area contributed by atoms with Crippen molar-refractivity contribution < 1.29 is 4.74 Å². The molecule has 0 atom stereocenters. The second kappa shape index (κ2) is 10.2. The minimum atomic E-state index is 0.0183. The van der Waals surface area contributed by atoms with Gasteiger partial charge in [-0.2, -0.15) is 0 Å². The van der Waals surface area contributed by atoms with Crippen LogP contribution in [-0.2, 0) is 10.8 Å². The van der Waals surface area contributed by atoms with Crippen LogP contribution in [0.5, 0.6) is 11.5 Å². The molecular formula is C50H38B2N2OS. The number of nitrogens with zero attached hydrogens (tertiary/aromatic N) is 2. The van der Waals surface area contributed by atoms with Crippen LogP contribution in [0, 0.1) is 0 Å². The van der Waals surface area contributed by atoms with Gasteiger partial charge in [-0.15, -0.1) is 0 Å². The summed E-state index contributed by atoms with van der Waals surface area (Å²) in [4.78, 5) is 2.73. The number of rotatable bonds is 0. The Hall–Kier alpha value is -5.58. The van der Waals surface area contributed by atoms with Crippen molar-refractivity contribution in [3.63, 3.8) is 0 Å². The number of ether oxygens (including phenoxy) is 1.